The van der Waals surface area contributed by atoms with Crippen LogP contribution in [0.5, 0.6) is 11.5 Å². The fraction of sp³-hybridized carbons (Fsp3) is 0.409. The summed E-state index contributed by atoms with van der Waals surface area (Å²) in [5, 5.41) is 13.0. The molecule has 2 rings (SSSR count). The molecule has 0 fully saturated rings. The summed E-state index contributed by atoms with van der Waals surface area (Å²) in [7, 11) is 1.59. The van der Waals surface area contributed by atoms with Crippen molar-refractivity contribution in [3.63, 3.8) is 0 Å². The number of hydrogen-bond donors (Lipinski definition) is 2. The molecule has 2 aromatic rings. The van der Waals surface area contributed by atoms with Crippen LogP contribution in [0.2, 0.25) is 0 Å². The van der Waals surface area contributed by atoms with Crippen molar-refractivity contribution in [3.8, 4) is 11.5 Å². The van der Waals surface area contributed by atoms with E-state index in [4.69, 9.17) is 9.47 Å². The second-order valence-corrected chi connectivity index (χ2v) is 7.57. The highest BCUT2D eigenvalue weighted by molar-refractivity contribution is 5.80. The van der Waals surface area contributed by atoms with Gasteiger partial charge in [0.1, 0.15) is 11.5 Å². The van der Waals surface area contributed by atoms with Gasteiger partial charge in [0.25, 0.3) is 5.91 Å². The average molecular weight is 371 g/mol. The monoisotopic (exact) mass is 371 g/mol. The zero-order chi connectivity index (χ0) is 20.0. The smallest absolute Gasteiger partial charge is 0.260 e. The zero-order valence-electron chi connectivity index (χ0n) is 16.7. The largest absolute Gasteiger partial charge is 0.497 e. The first-order valence-electron chi connectivity index (χ1n) is 9.07. The number of hydrogen-bond acceptors (Lipinski definition) is 4. The molecule has 0 aliphatic rings. The summed E-state index contributed by atoms with van der Waals surface area (Å²) in [6.45, 7) is 8.19. The van der Waals surface area contributed by atoms with Crippen molar-refractivity contribution in [3.05, 3.63) is 59.7 Å². The van der Waals surface area contributed by atoms with E-state index in [0.717, 1.165) is 11.3 Å². The van der Waals surface area contributed by atoms with Gasteiger partial charge in [-0.1, -0.05) is 45.0 Å². The molecule has 0 aliphatic heterocycles. The van der Waals surface area contributed by atoms with E-state index in [0.29, 0.717) is 11.3 Å². The van der Waals surface area contributed by atoms with Crippen LogP contribution in [0.3, 0.4) is 0 Å². The Morgan fingerprint density at radius 1 is 1.11 bits per heavy atom. The Kier molecular flexibility index (Phi) is 6.86. The molecule has 0 saturated heterocycles. The second-order valence-electron chi connectivity index (χ2n) is 7.57. The van der Waals surface area contributed by atoms with Crippen molar-refractivity contribution in [2.24, 2.45) is 0 Å². The van der Waals surface area contributed by atoms with Crippen LogP contribution in [0.4, 0.5) is 0 Å². The highest BCUT2D eigenvalue weighted by Gasteiger charge is 2.18. The molecule has 2 N–H and O–H groups in total. The van der Waals surface area contributed by atoms with Gasteiger partial charge in [-0.2, -0.15) is 0 Å². The van der Waals surface area contributed by atoms with Crippen molar-refractivity contribution in [2.75, 3.05) is 13.7 Å². The third kappa shape index (κ3) is 6.00. The first-order valence-corrected chi connectivity index (χ1v) is 9.07. The summed E-state index contributed by atoms with van der Waals surface area (Å²) < 4.78 is 10.9. The number of carbonyl (C=O) groups excluding carboxylic acids is 1. The summed E-state index contributed by atoms with van der Waals surface area (Å²) in [4.78, 5) is 12.3. The van der Waals surface area contributed by atoms with E-state index in [2.05, 4.69) is 26.1 Å². The quantitative estimate of drug-likeness (QED) is 0.780. The van der Waals surface area contributed by atoms with Gasteiger partial charge in [0.05, 0.1) is 13.2 Å². The zero-order valence-corrected chi connectivity index (χ0v) is 16.7. The number of methoxy groups -OCH3 is 1. The minimum Gasteiger partial charge on any atom is -0.497 e. The Morgan fingerprint density at radius 2 is 1.78 bits per heavy atom. The molecule has 0 heterocycles. The molecule has 0 bridgehead atoms. The third-order valence-electron chi connectivity index (χ3n) is 4.35. The van der Waals surface area contributed by atoms with Crippen LogP contribution >= 0.6 is 0 Å². The summed E-state index contributed by atoms with van der Waals surface area (Å²) in [5.41, 5.74) is 1.86. The predicted octanol–water partition coefficient (Wildman–Crippen LogP) is 3.61. The minimum atomic E-state index is -0.795. The number of ether oxygens (including phenoxy) is 2. The second kappa shape index (κ2) is 8.91. The van der Waals surface area contributed by atoms with E-state index < -0.39 is 12.2 Å². The average Bonchev–Trinajstić information content (AvgIpc) is 2.65. The number of benzene rings is 2. The normalized spacial score (nSPS) is 13.6. The third-order valence-corrected chi connectivity index (χ3v) is 4.35. The van der Waals surface area contributed by atoms with Gasteiger partial charge in [-0.3, -0.25) is 4.79 Å². The summed E-state index contributed by atoms with van der Waals surface area (Å²) in [6.07, 6.45) is -1.46. The van der Waals surface area contributed by atoms with Gasteiger partial charge in [-0.05, 0) is 47.7 Å². The first kappa shape index (κ1) is 20.8. The molecule has 0 spiro atoms. The lowest BCUT2D eigenvalue weighted by atomic mass is 9.87. The van der Waals surface area contributed by atoms with Gasteiger partial charge in [-0.15, -0.1) is 0 Å². The molecule has 0 aliphatic carbocycles. The minimum absolute atomic E-state index is 0.00728. The van der Waals surface area contributed by atoms with Crippen molar-refractivity contribution in [2.45, 2.75) is 45.3 Å². The molecule has 0 radical (unpaired) electrons. The van der Waals surface area contributed by atoms with Gasteiger partial charge in [0.15, 0.2) is 6.10 Å². The highest BCUT2D eigenvalue weighted by atomic mass is 16.5. The molecule has 5 nitrogen and oxygen atoms in total. The maximum Gasteiger partial charge on any atom is 0.260 e. The number of amides is 1. The Hall–Kier alpha value is -2.53. The summed E-state index contributed by atoms with van der Waals surface area (Å²) in [5.74, 6) is 1.10. The van der Waals surface area contributed by atoms with Crippen LogP contribution in [-0.4, -0.2) is 30.8 Å². The number of aliphatic hydroxyl groups is 1. The molecule has 2 atom stereocenters. The highest BCUT2D eigenvalue weighted by Crippen LogP contribution is 2.26. The van der Waals surface area contributed by atoms with Gasteiger partial charge in [0, 0.05) is 6.54 Å². The topological polar surface area (TPSA) is 67.8 Å². The molecule has 27 heavy (non-hydrogen) atoms. The van der Waals surface area contributed by atoms with Gasteiger partial charge < -0.3 is 19.9 Å². The Balaban J connectivity index is 1.89. The van der Waals surface area contributed by atoms with Crippen LogP contribution in [0, 0.1) is 0 Å². The standard InChI is InChI=1S/C22H29NO4/c1-15(27-19-8-6-7-17(13-19)22(2,3)4)21(25)23-14-20(24)16-9-11-18(26-5)12-10-16/h6-13,15,20,24H,14H2,1-5H3,(H,23,25). The van der Waals surface area contributed by atoms with Crippen LogP contribution in [0.1, 0.15) is 44.9 Å². The molecule has 1 amide bonds. The molecule has 2 unspecified atom stereocenters. The number of aliphatic hydroxyl groups excluding tert-OH is 1. The maximum atomic E-state index is 12.3. The number of nitrogens with one attached hydrogen (secondary N) is 1. The van der Waals surface area contributed by atoms with Gasteiger partial charge >= 0.3 is 0 Å². The first-order chi connectivity index (χ1) is 12.7. The Bertz CT molecular complexity index is 750. The molecule has 5 heteroatoms. The van der Waals surface area contributed by atoms with E-state index in [1.54, 1.807) is 38.3 Å². The van der Waals surface area contributed by atoms with Crippen LogP contribution in [0.25, 0.3) is 0 Å². The van der Waals surface area contributed by atoms with E-state index in [1.165, 1.54) is 0 Å². The van der Waals surface area contributed by atoms with Crippen LogP contribution in [0.15, 0.2) is 48.5 Å². The number of carbonyl (C=O) groups is 1. The SMILES string of the molecule is COc1ccc(C(O)CNC(=O)C(C)Oc2cccc(C(C)(C)C)c2)cc1. The van der Waals surface area contributed by atoms with E-state index in [-0.39, 0.29) is 17.9 Å². The van der Waals surface area contributed by atoms with Crippen molar-refractivity contribution >= 4 is 5.91 Å². The van der Waals surface area contributed by atoms with Crippen molar-refractivity contribution in [1.29, 1.82) is 0 Å². The van der Waals surface area contributed by atoms with Crippen molar-refractivity contribution < 1.29 is 19.4 Å². The molecule has 2 aromatic carbocycles. The summed E-state index contributed by atoms with van der Waals surface area (Å²) in [6, 6.07) is 14.8. The fourth-order valence-corrected chi connectivity index (χ4v) is 2.58. The molecule has 0 saturated carbocycles. The van der Waals surface area contributed by atoms with E-state index in [1.807, 2.05) is 24.3 Å². The molecular weight excluding hydrogens is 342 g/mol. The lowest BCUT2D eigenvalue weighted by Gasteiger charge is -2.21. The van der Waals surface area contributed by atoms with Gasteiger partial charge in [0.2, 0.25) is 0 Å². The molecular formula is C22H29NO4. The number of rotatable bonds is 7. The predicted molar refractivity (Wildman–Crippen MR) is 106 cm³/mol. The lowest BCUT2D eigenvalue weighted by Crippen LogP contribution is -2.38. The molecule has 146 valence electrons. The van der Waals surface area contributed by atoms with Gasteiger partial charge in [-0.25, -0.2) is 0 Å². The molecule has 0 aromatic heterocycles. The summed E-state index contributed by atoms with van der Waals surface area (Å²) >= 11 is 0. The maximum absolute atomic E-state index is 12.3. The fourth-order valence-electron chi connectivity index (χ4n) is 2.58. The van der Waals surface area contributed by atoms with E-state index >= 15 is 0 Å². The Labute approximate surface area is 161 Å². The van der Waals surface area contributed by atoms with Crippen LogP contribution < -0.4 is 14.8 Å². The van der Waals surface area contributed by atoms with Crippen LogP contribution in [-0.2, 0) is 10.2 Å². The van der Waals surface area contributed by atoms with Crippen molar-refractivity contribution in [1.82, 2.24) is 5.32 Å². The van der Waals surface area contributed by atoms with E-state index in [9.17, 15) is 9.90 Å². The lowest BCUT2D eigenvalue weighted by molar-refractivity contribution is -0.127. The Morgan fingerprint density at radius 3 is 2.37 bits per heavy atom.